The number of halogens is 8. The van der Waals surface area contributed by atoms with Crippen LogP contribution in [0.25, 0.3) is 32.3 Å². The summed E-state index contributed by atoms with van der Waals surface area (Å²) in [4.78, 5) is 162. The molecule has 26 heteroatoms. The first-order chi connectivity index (χ1) is 37.8. The molecule has 6 aromatic carbocycles. The van der Waals surface area contributed by atoms with Crippen molar-refractivity contribution in [2.24, 2.45) is 0 Å². The van der Waals surface area contributed by atoms with E-state index in [2.05, 4.69) is 127 Å². The van der Waals surface area contributed by atoms with E-state index in [1.165, 1.54) is 0 Å². The van der Waals surface area contributed by atoms with Gasteiger partial charge >= 0.3 is 0 Å². The molecule has 0 atom stereocenters. The minimum atomic E-state index is -0.475. The number of nitrogens with zero attached hydrogens (tertiary/aromatic N) is 6. The van der Waals surface area contributed by atoms with Gasteiger partial charge in [0.2, 0.25) is 0 Å². The molecule has 0 bridgehead atoms. The molecule has 80 heavy (non-hydrogen) atoms. The van der Waals surface area contributed by atoms with E-state index >= 15 is 0 Å². The highest BCUT2D eigenvalue weighted by molar-refractivity contribution is 9.13. The Morgan fingerprint density at radius 2 is 0.400 bits per heavy atom. The van der Waals surface area contributed by atoms with Gasteiger partial charge in [-0.1, -0.05) is 0 Å². The molecule has 6 aromatic rings. The fourth-order valence-electron chi connectivity index (χ4n) is 11.0. The Balaban J connectivity index is 0.000000135. The maximum atomic E-state index is 13.1. The maximum absolute atomic E-state index is 13.1. The highest BCUT2D eigenvalue weighted by Crippen LogP contribution is 2.51. The van der Waals surface area contributed by atoms with E-state index in [4.69, 9.17) is 0 Å². The van der Waals surface area contributed by atoms with E-state index in [1.54, 1.807) is 65.8 Å². The molecular weight excluding hydrogens is 1560 g/mol. The third-order valence-electron chi connectivity index (χ3n) is 14.6. The van der Waals surface area contributed by atoms with Gasteiger partial charge in [0.05, 0.1) is 44.5 Å². The van der Waals surface area contributed by atoms with Crippen LogP contribution in [0.3, 0.4) is 0 Å². The van der Waals surface area contributed by atoms with Gasteiger partial charge in [-0.05, 0) is 193 Å². The highest BCUT2D eigenvalue weighted by atomic mass is 79.9. The second kappa shape index (κ2) is 20.9. The van der Waals surface area contributed by atoms with Gasteiger partial charge < -0.3 is 0 Å². The number of hydrogen-bond donors (Lipinski definition) is 0. The molecule has 0 spiro atoms. The molecule has 0 aromatic heterocycles. The molecule has 6 aliphatic rings. The van der Waals surface area contributed by atoms with Crippen LogP contribution in [-0.2, 0) is 0 Å². The van der Waals surface area contributed by atoms with Crippen LogP contribution in [0.2, 0.25) is 0 Å². The van der Waals surface area contributed by atoms with Crippen molar-refractivity contribution in [3.05, 3.63) is 127 Å². The lowest BCUT2D eigenvalue weighted by Crippen LogP contribution is -2.44. The number of hydrogen-bond acceptors (Lipinski definition) is 12. The van der Waals surface area contributed by atoms with Crippen LogP contribution in [0.15, 0.2) is 60.0 Å². The molecule has 0 N–H and O–H groups in total. The zero-order valence-corrected chi connectivity index (χ0v) is 54.8. The lowest BCUT2D eigenvalue weighted by atomic mass is 9.86. The Hall–Kier alpha value is -5.22. The smallest absolute Gasteiger partial charge is 0.262 e. The number of carbonyl (C=O) groups excluding carboxylic acids is 12. The average molecular weight is 1600 g/mol. The van der Waals surface area contributed by atoms with Crippen LogP contribution >= 0.6 is 127 Å². The van der Waals surface area contributed by atoms with E-state index in [0.29, 0.717) is 113 Å². The molecule has 0 unspecified atom stereocenters. The molecule has 6 heterocycles. The monoisotopic (exact) mass is 1590 g/mol. The molecule has 0 saturated carbocycles. The summed E-state index contributed by atoms with van der Waals surface area (Å²) >= 11 is 27.2. The Bertz CT molecular complexity index is 3830. The summed E-state index contributed by atoms with van der Waals surface area (Å²) in [6.45, 7) is 11.6. The predicted molar refractivity (Wildman–Crippen MR) is 320 cm³/mol. The van der Waals surface area contributed by atoms with Gasteiger partial charge in [-0.25, -0.2) is 0 Å². The number of amides is 12. The van der Waals surface area contributed by atoms with Crippen molar-refractivity contribution in [3.8, 4) is 0 Å². The van der Waals surface area contributed by atoms with Gasteiger partial charge in [0, 0.05) is 130 Å². The van der Waals surface area contributed by atoms with E-state index in [1.807, 2.05) is 0 Å². The third-order valence-corrected chi connectivity index (χ3v) is 21.3. The first kappa shape index (κ1) is 58.0. The van der Waals surface area contributed by atoms with E-state index < -0.39 is 70.9 Å². The number of carbonyl (C=O) groups is 12. The fourth-order valence-corrected chi connectivity index (χ4v) is 15.7. The summed E-state index contributed by atoms with van der Waals surface area (Å²) in [5.74, 6) is -5.37. The third kappa shape index (κ3) is 7.83. The lowest BCUT2D eigenvalue weighted by molar-refractivity contribution is 0.0595. The second-order valence-corrected chi connectivity index (χ2v) is 24.8. The lowest BCUT2D eigenvalue weighted by Gasteiger charge is -2.34. The Labute approximate surface area is 520 Å². The van der Waals surface area contributed by atoms with Crippen molar-refractivity contribution < 1.29 is 57.5 Å². The predicted octanol–water partition coefficient (Wildman–Crippen LogP) is 12.3. The minimum Gasteiger partial charge on any atom is -0.275 e. The van der Waals surface area contributed by atoms with E-state index in [-0.39, 0.29) is 61.5 Å². The molecule has 408 valence electrons. The average Bonchev–Trinajstić information content (AvgIpc) is 3.48. The maximum Gasteiger partial charge on any atom is 0.262 e. The fraction of sp³-hybridized carbons (Fsp3) is 0.222. The normalized spacial score (nSPS) is 16.1. The van der Waals surface area contributed by atoms with Gasteiger partial charge in [0.1, 0.15) is 0 Å². The molecule has 12 rings (SSSR count). The van der Waals surface area contributed by atoms with Crippen LogP contribution in [0.1, 0.15) is 166 Å². The molecule has 0 fully saturated rings. The van der Waals surface area contributed by atoms with Gasteiger partial charge in [-0.3, -0.25) is 86.9 Å². The Kier molecular flexibility index (Phi) is 15.1. The van der Waals surface area contributed by atoms with Gasteiger partial charge in [0.15, 0.2) is 0 Å². The van der Waals surface area contributed by atoms with Crippen molar-refractivity contribution in [1.29, 1.82) is 0 Å². The van der Waals surface area contributed by atoms with Crippen molar-refractivity contribution >= 4 is 231 Å². The van der Waals surface area contributed by atoms with Crippen molar-refractivity contribution in [2.45, 2.75) is 41.5 Å². The molecule has 12 amide bonds. The van der Waals surface area contributed by atoms with Crippen molar-refractivity contribution in [3.63, 3.8) is 0 Å². The van der Waals surface area contributed by atoms with Crippen LogP contribution in [0.4, 0.5) is 0 Å². The van der Waals surface area contributed by atoms with Gasteiger partial charge in [0.25, 0.3) is 70.9 Å². The van der Waals surface area contributed by atoms with Crippen LogP contribution in [0.5, 0.6) is 0 Å². The largest absolute Gasteiger partial charge is 0.275 e. The highest BCUT2D eigenvalue weighted by Gasteiger charge is 2.47. The minimum absolute atomic E-state index is 0.192. The summed E-state index contributed by atoms with van der Waals surface area (Å²) in [5, 5.41) is 2.09. The van der Waals surface area contributed by atoms with Crippen LogP contribution < -0.4 is 0 Å². The van der Waals surface area contributed by atoms with Gasteiger partial charge in [-0.15, -0.1) is 0 Å². The van der Waals surface area contributed by atoms with Gasteiger partial charge in [-0.2, -0.15) is 0 Å². The summed E-state index contributed by atoms with van der Waals surface area (Å²) in [5.41, 5.74) is 3.45. The second-order valence-electron chi connectivity index (χ2n) is 18.3. The molecule has 0 radical (unpaired) electrons. The van der Waals surface area contributed by atoms with E-state index in [9.17, 15) is 57.5 Å². The summed E-state index contributed by atoms with van der Waals surface area (Å²) in [6.07, 6.45) is 0. The van der Waals surface area contributed by atoms with E-state index in [0.717, 1.165) is 29.4 Å². The Morgan fingerprint density at radius 1 is 0.237 bits per heavy atom. The molecule has 18 nitrogen and oxygen atoms in total. The number of imide groups is 6. The first-order valence-corrected chi connectivity index (χ1v) is 30.7. The zero-order chi connectivity index (χ0) is 58.5. The topological polar surface area (TPSA) is 224 Å². The SMILES string of the molecule is CCN1C(=O)c2c(Br)c(Br)c3c4c(c(Br)c(Br)c(c24)C1=O)C(=O)N(CC)C3=O.CCN1C(=O)c2cc(Br)c3c4c(c(Br)cc(c24)C1=O)C(=O)N(CC)C3=O.CCN1C(=O)c2cc(Br)c3c4c(cc(Br)c(c24)C1=O)C(=O)N(CC)C3=O. The summed E-state index contributed by atoms with van der Waals surface area (Å²) in [7, 11) is 0. The van der Waals surface area contributed by atoms with Crippen LogP contribution in [0, 0.1) is 0 Å². The molecule has 0 saturated heterocycles. The molecule has 0 aliphatic carbocycles. The summed E-state index contributed by atoms with van der Waals surface area (Å²) in [6, 6.07) is 6.27. The summed E-state index contributed by atoms with van der Waals surface area (Å²) < 4.78 is 3.25. The molecular formula is C54H34Br8N6O12. The first-order valence-electron chi connectivity index (χ1n) is 24.3. The number of rotatable bonds is 6. The van der Waals surface area contributed by atoms with Crippen molar-refractivity contribution in [1.82, 2.24) is 29.4 Å². The standard InChI is InChI=1S/C18H10Br4N2O4.2C18H12Br2N2O4/c1-3-23-15(25)7-5-6-9(13(21)11(7)19)17(27)24(4-2)18(28)10(6)14(22)12(20)8(5)16(23)26;1-3-21-15(23)7-5-10(20)14-12-8(16(24)22(4-2)18(14)26)6-9(19)13(11(7)12)17(21)25;1-3-21-15(23)7-5-9(19)12-14-11(7)8(16(21)24)6-10(20)13(14)18(26)22(4-2)17(12)25/h3-4H2,1-2H3;2*5-6H,3-4H2,1-2H3. The zero-order valence-electron chi connectivity index (χ0n) is 42.2. The van der Waals surface area contributed by atoms with Crippen LogP contribution in [-0.4, -0.2) is 140 Å². The Morgan fingerprint density at radius 3 is 0.625 bits per heavy atom. The molecule has 6 aliphatic heterocycles. The van der Waals surface area contributed by atoms with Crippen molar-refractivity contribution in [2.75, 3.05) is 39.3 Å². The number of benzene rings is 6. The quantitative estimate of drug-likeness (QED) is 0.142.